The van der Waals surface area contributed by atoms with Gasteiger partial charge in [-0.25, -0.2) is 4.98 Å². The van der Waals surface area contributed by atoms with Crippen LogP contribution in [0.2, 0.25) is 0 Å². The van der Waals surface area contributed by atoms with Gasteiger partial charge >= 0.3 is 0 Å². The Morgan fingerprint density at radius 2 is 2.26 bits per heavy atom. The molecule has 0 aliphatic heterocycles. The van der Waals surface area contributed by atoms with Crippen LogP contribution in [0.25, 0.3) is 0 Å². The van der Waals surface area contributed by atoms with Crippen LogP contribution in [0.3, 0.4) is 0 Å². The third-order valence-electron chi connectivity index (χ3n) is 3.62. The molecule has 1 fully saturated rings. The highest BCUT2D eigenvalue weighted by molar-refractivity contribution is 5.94. The Balaban J connectivity index is 2.12. The minimum Gasteiger partial charge on any atom is -0.481 e. The number of amides is 1. The summed E-state index contributed by atoms with van der Waals surface area (Å²) in [5.74, 6) is 1.16. The Hall–Kier alpha value is -1.69. The maximum Gasteiger partial charge on any atom is 0.234 e. The largest absolute Gasteiger partial charge is 0.481 e. The van der Waals surface area contributed by atoms with Crippen LogP contribution < -0.4 is 15.8 Å². The zero-order chi connectivity index (χ0) is 14.0. The SMILES string of the molecule is COc1cc(C)nc(NC(=O)C2(CN)CC(C)C2)n1. The first-order valence-electron chi connectivity index (χ1n) is 6.40. The predicted octanol–water partition coefficient (Wildman–Crippen LogP) is 1.11. The number of hydrogen-bond acceptors (Lipinski definition) is 5. The molecule has 1 aromatic heterocycles. The summed E-state index contributed by atoms with van der Waals surface area (Å²) < 4.78 is 5.06. The quantitative estimate of drug-likeness (QED) is 0.850. The average molecular weight is 264 g/mol. The van der Waals surface area contributed by atoms with Crippen LogP contribution >= 0.6 is 0 Å². The zero-order valence-electron chi connectivity index (χ0n) is 11.6. The van der Waals surface area contributed by atoms with E-state index in [9.17, 15) is 4.79 Å². The van der Waals surface area contributed by atoms with Gasteiger partial charge in [-0.05, 0) is 25.7 Å². The molecule has 1 aromatic rings. The van der Waals surface area contributed by atoms with Gasteiger partial charge in [-0.3, -0.25) is 10.1 Å². The summed E-state index contributed by atoms with van der Waals surface area (Å²) in [7, 11) is 1.53. The van der Waals surface area contributed by atoms with Gasteiger partial charge in [-0.1, -0.05) is 6.92 Å². The number of anilines is 1. The van der Waals surface area contributed by atoms with Crippen molar-refractivity contribution >= 4 is 11.9 Å². The van der Waals surface area contributed by atoms with Crippen molar-refractivity contribution in [1.29, 1.82) is 0 Å². The molecule has 19 heavy (non-hydrogen) atoms. The van der Waals surface area contributed by atoms with Gasteiger partial charge < -0.3 is 10.5 Å². The highest BCUT2D eigenvalue weighted by atomic mass is 16.5. The van der Waals surface area contributed by atoms with E-state index in [0.29, 0.717) is 18.3 Å². The van der Waals surface area contributed by atoms with Gasteiger partial charge in [0, 0.05) is 18.3 Å². The van der Waals surface area contributed by atoms with Gasteiger partial charge in [0.05, 0.1) is 12.5 Å². The maximum absolute atomic E-state index is 12.3. The number of hydrogen-bond donors (Lipinski definition) is 2. The smallest absolute Gasteiger partial charge is 0.234 e. The minimum absolute atomic E-state index is 0.0965. The number of nitrogens with zero attached hydrogens (tertiary/aromatic N) is 2. The van der Waals surface area contributed by atoms with Crippen molar-refractivity contribution in [2.24, 2.45) is 17.1 Å². The van der Waals surface area contributed by atoms with E-state index in [2.05, 4.69) is 22.2 Å². The molecule has 1 amide bonds. The first-order chi connectivity index (χ1) is 8.99. The second kappa shape index (κ2) is 5.13. The monoisotopic (exact) mass is 264 g/mol. The molecule has 0 spiro atoms. The van der Waals surface area contributed by atoms with Gasteiger partial charge in [-0.2, -0.15) is 4.98 Å². The lowest BCUT2D eigenvalue weighted by Crippen LogP contribution is -2.51. The van der Waals surface area contributed by atoms with Crippen molar-refractivity contribution in [3.05, 3.63) is 11.8 Å². The van der Waals surface area contributed by atoms with E-state index < -0.39 is 5.41 Å². The normalized spacial score (nSPS) is 25.6. The molecule has 0 radical (unpaired) electrons. The lowest BCUT2D eigenvalue weighted by molar-refractivity contribution is -0.132. The van der Waals surface area contributed by atoms with Crippen LogP contribution in [0.15, 0.2) is 6.07 Å². The van der Waals surface area contributed by atoms with E-state index >= 15 is 0 Å². The van der Waals surface area contributed by atoms with Crippen molar-refractivity contribution in [3.63, 3.8) is 0 Å². The Morgan fingerprint density at radius 1 is 1.58 bits per heavy atom. The van der Waals surface area contributed by atoms with E-state index in [-0.39, 0.29) is 11.9 Å². The highest BCUT2D eigenvalue weighted by Gasteiger charge is 2.47. The number of ether oxygens (including phenoxy) is 1. The van der Waals surface area contributed by atoms with Gasteiger partial charge in [0.1, 0.15) is 0 Å². The van der Waals surface area contributed by atoms with Crippen LogP contribution in [-0.2, 0) is 4.79 Å². The molecule has 0 bridgehead atoms. The fraction of sp³-hybridized carbons (Fsp3) is 0.615. The van der Waals surface area contributed by atoms with E-state index in [0.717, 1.165) is 18.5 Å². The van der Waals surface area contributed by atoms with Gasteiger partial charge in [0.25, 0.3) is 0 Å². The lowest BCUT2D eigenvalue weighted by Gasteiger charge is -2.43. The molecule has 3 N–H and O–H groups in total. The van der Waals surface area contributed by atoms with Crippen LogP contribution in [0.1, 0.15) is 25.5 Å². The second-order valence-electron chi connectivity index (χ2n) is 5.33. The summed E-state index contributed by atoms with van der Waals surface area (Å²) in [4.78, 5) is 20.6. The Labute approximate surface area is 112 Å². The van der Waals surface area contributed by atoms with Crippen LogP contribution in [0.4, 0.5) is 5.95 Å². The van der Waals surface area contributed by atoms with Crippen molar-refractivity contribution < 1.29 is 9.53 Å². The zero-order valence-corrected chi connectivity index (χ0v) is 11.6. The van der Waals surface area contributed by atoms with E-state index in [1.165, 1.54) is 7.11 Å². The Kier molecular flexibility index (Phi) is 3.71. The van der Waals surface area contributed by atoms with Crippen LogP contribution in [0, 0.1) is 18.3 Å². The lowest BCUT2D eigenvalue weighted by atomic mass is 9.62. The van der Waals surface area contributed by atoms with Gasteiger partial charge in [0.2, 0.25) is 17.7 Å². The molecule has 1 aliphatic carbocycles. The number of carbonyl (C=O) groups excluding carboxylic acids is 1. The molecule has 1 aliphatic rings. The Bertz CT molecular complexity index is 484. The van der Waals surface area contributed by atoms with Gasteiger partial charge in [-0.15, -0.1) is 0 Å². The molecule has 0 unspecified atom stereocenters. The molecule has 0 saturated heterocycles. The van der Waals surface area contributed by atoms with Crippen LogP contribution in [-0.4, -0.2) is 29.5 Å². The standard InChI is InChI=1S/C13H20N4O2/c1-8-5-13(6-8,7-14)11(18)17-12-15-9(2)4-10(16-12)19-3/h4,8H,5-7,14H2,1-3H3,(H,15,16,17,18). The van der Waals surface area contributed by atoms with Gasteiger partial charge in [0.15, 0.2) is 0 Å². The van der Waals surface area contributed by atoms with E-state index in [1.807, 2.05) is 6.92 Å². The third-order valence-corrected chi connectivity index (χ3v) is 3.62. The third kappa shape index (κ3) is 2.68. The molecule has 2 rings (SSSR count). The minimum atomic E-state index is -0.459. The van der Waals surface area contributed by atoms with Crippen LogP contribution in [0.5, 0.6) is 5.88 Å². The van der Waals surface area contributed by atoms with Crippen molar-refractivity contribution in [1.82, 2.24) is 9.97 Å². The molecular weight excluding hydrogens is 244 g/mol. The molecule has 6 heteroatoms. The number of aromatic nitrogens is 2. The summed E-state index contributed by atoms with van der Waals surface area (Å²) in [5, 5.41) is 2.75. The number of aryl methyl sites for hydroxylation is 1. The number of nitrogens with one attached hydrogen (secondary N) is 1. The number of nitrogens with two attached hydrogens (primary N) is 1. The number of methoxy groups -OCH3 is 1. The fourth-order valence-electron chi connectivity index (χ4n) is 2.65. The summed E-state index contributed by atoms with van der Waals surface area (Å²) >= 11 is 0. The number of rotatable bonds is 4. The average Bonchev–Trinajstić information content (AvgIpc) is 2.33. The van der Waals surface area contributed by atoms with E-state index in [1.54, 1.807) is 6.07 Å². The fourth-order valence-corrected chi connectivity index (χ4v) is 2.65. The number of carbonyl (C=O) groups is 1. The Morgan fingerprint density at radius 3 is 2.79 bits per heavy atom. The highest BCUT2D eigenvalue weighted by Crippen LogP contribution is 2.45. The van der Waals surface area contributed by atoms with Crippen molar-refractivity contribution in [3.8, 4) is 5.88 Å². The molecule has 1 heterocycles. The second-order valence-corrected chi connectivity index (χ2v) is 5.33. The van der Waals surface area contributed by atoms with Crippen molar-refractivity contribution in [2.45, 2.75) is 26.7 Å². The maximum atomic E-state index is 12.3. The molecular formula is C13H20N4O2. The molecule has 0 aromatic carbocycles. The first kappa shape index (κ1) is 13.7. The molecule has 0 atom stereocenters. The summed E-state index contributed by atoms with van der Waals surface area (Å²) in [6.45, 7) is 4.30. The molecule has 6 nitrogen and oxygen atoms in total. The summed E-state index contributed by atoms with van der Waals surface area (Å²) in [6.07, 6.45) is 1.64. The molecule has 1 saturated carbocycles. The first-order valence-corrected chi connectivity index (χ1v) is 6.40. The topological polar surface area (TPSA) is 90.1 Å². The van der Waals surface area contributed by atoms with Crippen molar-refractivity contribution in [2.75, 3.05) is 19.0 Å². The summed E-state index contributed by atoms with van der Waals surface area (Å²) in [5.41, 5.74) is 6.03. The summed E-state index contributed by atoms with van der Waals surface area (Å²) in [6, 6.07) is 1.71. The predicted molar refractivity (Wildman–Crippen MR) is 71.8 cm³/mol. The van der Waals surface area contributed by atoms with E-state index in [4.69, 9.17) is 10.5 Å². The molecule has 104 valence electrons.